The number of fused-ring (bicyclic) bond motifs is 1. The highest BCUT2D eigenvalue weighted by Gasteiger charge is 2.16. The average Bonchev–Trinajstić information content (AvgIpc) is 3.26. The molecular weight excluding hydrogens is 324 g/mol. The Kier molecular flexibility index (Phi) is 3.24. The van der Waals surface area contributed by atoms with E-state index in [1.807, 2.05) is 13.0 Å². The van der Waals surface area contributed by atoms with Gasteiger partial charge in [-0.05, 0) is 13.8 Å². The van der Waals surface area contributed by atoms with Crippen molar-refractivity contribution in [3.8, 4) is 12.0 Å². The van der Waals surface area contributed by atoms with Gasteiger partial charge in [-0.2, -0.15) is 29.6 Å². The normalized spacial score (nSPS) is 11.4. The van der Waals surface area contributed by atoms with Crippen LogP contribution < -0.4 is 0 Å². The van der Waals surface area contributed by atoms with E-state index in [0.29, 0.717) is 17.2 Å². The number of H-pyrrole nitrogens is 1. The molecule has 12 nitrogen and oxygen atoms in total. The first-order valence-electron chi connectivity index (χ1n) is 7.11. The van der Waals surface area contributed by atoms with Crippen LogP contribution in [0.5, 0.6) is 0 Å². The van der Waals surface area contributed by atoms with Crippen LogP contribution in [-0.4, -0.2) is 44.5 Å². The maximum atomic E-state index is 9.27. The van der Waals surface area contributed by atoms with E-state index in [2.05, 4.69) is 45.5 Å². The van der Waals surface area contributed by atoms with Gasteiger partial charge >= 0.3 is 0 Å². The molecule has 0 atom stereocenters. The van der Waals surface area contributed by atoms with Gasteiger partial charge in [-0.1, -0.05) is 0 Å². The number of nitrogens with zero attached hydrogens (tertiary/aromatic N) is 11. The number of hydrogen-bond donors (Lipinski definition) is 1. The molecule has 0 unspecified atom stereocenters. The molecule has 1 N–H and O–H groups in total. The van der Waals surface area contributed by atoms with E-state index in [0.717, 1.165) is 5.69 Å². The lowest BCUT2D eigenvalue weighted by Gasteiger charge is -1.99. The Hall–Kier alpha value is -4.01. The molecule has 4 aromatic heterocycles. The van der Waals surface area contributed by atoms with Crippen molar-refractivity contribution in [2.45, 2.75) is 13.8 Å². The number of aryl methyl sites for hydroxylation is 2. The van der Waals surface area contributed by atoms with E-state index in [1.54, 1.807) is 6.92 Å². The highest BCUT2D eigenvalue weighted by atomic mass is 15.5. The summed E-state index contributed by atoms with van der Waals surface area (Å²) in [6.45, 7) is 3.61. The fourth-order valence-electron chi connectivity index (χ4n) is 2.25. The Morgan fingerprint density at radius 1 is 1.20 bits per heavy atom. The second kappa shape index (κ2) is 5.57. The zero-order valence-electron chi connectivity index (χ0n) is 13.2. The summed E-state index contributed by atoms with van der Waals surface area (Å²) in [6, 6.07) is 2.02. The molecule has 0 fully saturated rings. The second-order valence-electron chi connectivity index (χ2n) is 5.02. The van der Waals surface area contributed by atoms with Crippen molar-refractivity contribution in [1.82, 2.24) is 44.5 Å². The van der Waals surface area contributed by atoms with Crippen molar-refractivity contribution in [3.05, 3.63) is 35.9 Å². The molecule has 12 heteroatoms. The fraction of sp³-hybridized carbons (Fsp3) is 0.154. The lowest BCUT2D eigenvalue weighted by molar-refractivity contribution is 0.790. The number of aromatic amines is 1. The van der Waals surface area contributed by atoms with Gasteiger partial charge in [0.05, 0.1) is 11.9 Å². The van der Waals surface area contributed by atoms with Gasteiger partial charge < -0.3 is 0 Å². The first kappa shape index (κ1) is 14.6. The van der Waals surface area contributed by atoms with Crippen LogP contribution in [0.1, 0.15) is 17.1 Å². The molecule has 4 heterocycles. The SMILES string of the molecule is Cc1nc2c(N=Nc3c(C#N)cnn3-c3ncncn3)c(C)[nH]n2n1. The molecule has 0 aromatic carbocycles. The van der Waals surface area contributed by atoms with Gasteiger partial charge in [-0.25, -0.2) is 9.97 Å². The predicted molar refractivity (Wildman–Crippen MR) is 82.7 cm³/mol. The molecule has 4 rings (SSSR count). The Morgan fingerprint density at radius 3 is 2.76 bits per heavy atom. The summed E-state index contributed by atoms with van der Waals surface area (Å²) in [6.07, 6.45) is 4.03. The maximum absolute atomic E-state index is 9.27. The van der Waals surface area contributed by atoms with E-state index < -0.39 is 0 Å². The monoisotopic (exact) mass is 334 g/mol. The van der Waals surface area contributed by atoms with Crippen molar-refractivity contribution >= 4 is 17.2 Å². The number of aromatic nitrogens is 9. The fourth-order valence-corrected chi connectivity index (χ4v) is 2.25. The third kappa shape index (κ3) is 2.39. The minimum absolute atomic E-state index is 0.212. The molecule has 0 saturated heterocycles. The second-order valence-corrected chi connectivity index (χ2v) is 5.02. The highest BCUT2D eigenvalue weighted by Crippen LogP contribution is 2.27. The standard InChI is InChI=1S/C13H10N12/c1-7-10(12-19-8(2)23-25(12)22-7)20-21-11-9(3-14)4-18-24(11)13-16-5-15-6-17-13/h4-6,22H,1-2H3. The molecule has 122 valence electrons. The summed E-state index contributed by atoms with van der Waals surface area (Å²) >= 11 is 0. The molecule has 0 spiro atoms. The average molecular weight is 334 g/mol. The van der Waals surface area contributed by atoms with Crippen LogP contribution in [-0.2, 0) is 0 Å². The smallest absolute Gasteiger partial charge is 0.255 e. The third-order valence-corrected chi connectivity index (χ3v) is 3.33. The Balaban J connectivity index is 1.82. The molecule has 4 aromatic rings. The Bertz CT molecular complexity index is 1120. The Morgan fingerprint density at radius 2 is 2.00 bits per heavy atom. The van der Waals surface area contributed by atoms with E-state index in [1.165, 1.54) is 28.2 Å². The molecule has 25 heavy (non-hydrogen) atoms. The number of rotatable bonds is 3. The lowest BCUT2D eigenvalue weighted by Crippen LogP contribution is -2.02. The molecule has 0 bridgehead atoms. The number of nitrogens with one attached hydrogen (secondary N) is 1. The van der Waals surface area contributed by atoms with Crippen LogP contribution >= 0.6 is 0 Å². The number of nitriles is 1. The lowest BCUT2D eigenvalue weighted by atomic mass is 10.4. The number of hydrogen-bond acceptors (Lipinski definition) is 9. The van der Waals surface area contributed by atoms with Crippen molar-refractivity contribution < 1.29 is 0 Å². The van der Waals surface area contributed by atoms with E-state index in [9.17, 15) is 5.26 Å². The summed E-state index contributed by atoms with van der Waals surface area (Å²) < 4.78 is 2.84. The van der Waals surface area contributed by atoms with Crippen LogP contribution in [0.2, 0.25) is 0 Å². The summed E-state index contributed by atoms with van der Waals surface area (Å²) in [5.41, 5.74) is 2.05. The quantitative estimate of drug-likeness (QED) is 0.555. The summed E-state index contributed by atoms with van der Waals surface area (Å²) in [5, 5.41) is 29.0. The summed E-state index contributed by atoms with van der Waals surface area (Å²) in [4.78, 5) is 16.1. The topological polar surface area (TPSA) is 151 Å². The van der Waals surface area contributed by atoms with Crippen molar-refractivity contribution in [2.75, 3.05) is 0 Å². The molecule has 0 saturated carbocycles. The van der Waals surface area contributed by atoms with Gasteiger partial charge in [-0.3, -0.25) is 5.10 Å². The summed E-state index contributed by atoms with van der Waals surface area (Å²) in [5.74, 6) is 1.05. The summed E-state index contributed by atoms with van der Waals surface area (Å²) in [7, 11) is 0. The first-order chi connectivity index (χ1) is 12.2. The molecule has 0 aliphatic heterocycles. The van der Waals surface area contributed by atoms with Gasteiger partial charge in [-0.15, -0.1) is 15.3 Å². The van der Waals surface area contributed by atoms with E-state index in [4.69, 9.17) is 0 Å². The van der Waals surface area contributed by atoms with Crippen LogP contribution in [0.3, 0.4) is 0 Å². The largest absolute Gasteiger partial charge is 0.278 e. The minimum Gasteiger partial charge on any atom is -0.278 e. The molecule has 0 amide bonds. The predicted octanol–water partition coefficient (Wildman–Crippen LogP) is 1.33. The van der Waals surface area contributed by atoms with Gasteiger partial charge in [0.2, 0.25) is 5.65 Å². The van der Waals surface area contributed by atoms with E-state index in [-0.39, 0.29) is 17.3 Å². The van der Waals surface area contributed by atoms with Gasteiger partial charge in [0.15, 0.2) is 11.5 Å². The van der Waals surface area contributed by atoms with Gasteiger partial charge in [0, 0.05) is 0 Å². The van der Waals surface area contributed by atoms with Crippen molar-refractivity contribution in [1.29, 1.82) is 5.26 Å². The van der Waals surface area contributed by atoms with E-state index >= 15 is 0 Å². The van der Waals surface area contributed by atoms with Crippen molar-refractivity contribution in [3.63, 3.8) is 0 Å². The zero-order chi connectivity index (χ0) is 17.4. The molecular formula is C13H10N12. The number of azo groups is 1. The zero-order valence-corrected chi connectivity index (χ0v) is 13.2. The highest BCUT2D eigenvalue weighted by molar-refractivity contribution is 5.66. The first-order valence-corrected chi connectivity index (χ1v) is 7.11. The Labute approximate surface area is 139 Å². The van der Waals surface area contributed by atoms with Crippen molar-refractivity contribution in [2.24, 2.45) is 10.2 Å². The van der Waals surface area contributed by atoms with Crippen LogP contribution in [0.4, 0.5) is 11.5 Å². The van der Waals surface area contributed by atoms with Crippen LogP contribution in [0, 0.1) is 25.2 Å². The maximum Gasteiger partial charge on any atom is 0.255 e. The van der Waals surface area contributed by atoms with Crippen LogP contribution in [0.15, 0.2) is 29.1 Å². The molecule has 0 radical (unpaired) electrons. The van der Waals surface area contributed by atoms with Gasteiger partial charge in [0.1, 0.15) is 30.1 Å². The van der Waals surface area contributed by atoms with Gasteiger partial charge in [0.25, 0.3) is 5.95 Å². The van der Waals surface area contributed by atoms with Crippen LogP contribution in [0.25, 0.3) is 11.6 Å². The third-order valence-electron chi connectivity index (χ3n) is 3.33. The molecule has 0 aliphatic carbocycles. The molecule has 0 aliphatic rings. The minimum atomic E-state index is 0.212.